The number of carbonyl (C=O) groups is 1. The van der Waals surface area contributed by atoms with Gasteiger partial charge < -0.3 is 5.32 Å². The zero-order valence-corrected chi connectivity index (χ0v) is 15.7. The maximum absolute atomic E-state index is 12.5. The number of nitrogens with one attached hydrogen (secondary N) is 1. The molecule has 0 fully saturated rings. The van der Waals surface area contributed by atoms with Crippen LogP contribution in [-0.2, 0) is 18.4 Å². The Morgan fingerprint density at radius 2 is 1.96 bits per heavy atom. The number of hydrogen-bond donors (Lipinski definition) is 1. The number of fused-ring (bicyclic) bond motifs is 1. The summed E-state index contributed by atoms with van der Waals surface area (Å²) in [7, 11) is 1.85. The maximum Gasteiger partial charge on any atom is 0.247 e. The molecule has 0 aliphatic rings. The quantitative estimate of drug-likeness (QED) is 0.582. The highest BCUT2D eigenvalue weighted by molar-refractivity contribution is 6.30. The molecule has 7 heteroatoms. The number of aryl methyl sites for hydroxylation is 2. The van der Waals surface area contributed by atoms with E-state index in [1.165, 1.54) is 0 Å². The Morgan fingerprint density at radius 1 is 1.15 bits per heavy atom. The Balaban J connectivity index is 1.54. The van der Waals surface area contributed by atoms with Gasteiger partial charge >= 0.3 is 0 Å². The number of aromatic nitrogens is 4. The molecule has 2 aromatic carbocycles. The van der Waals surface area contributed by atoms with E-state index in [4.69, 9.17) is 11.6 Å². The molecule has 1 N–H and O–H groups in total. The van der Waals surface area contributed by atoms with Crippen LogP contribution in [0.2, 0.25) is 5.02 Å². The first kappa shape index (κ1) is 17.3. The highest BCUT2D eigenvalue weighted by Gasteiger charge is 2.14. The molecule has 6 nitrogen and oxygen atoms in total. The van der Waals surface area contributed by atoms with Crippen LogP contribution in [0, 0.1) is 6.92 Å². The van der Waals surface area contributed by atoms with Gasteiger partial charge in [0.2, 0.25) is 5.91 Å². The first-order valence-electron chi connectivity index (χ1n) is 8.53. The second-order valence-electron chi connectivity index (χ2n) is 6.41. The van der Waals surface area contributed by atoms with Crippen LogP contribution in [0.5, 0.6) is 0 Å². The third kappa shape index (κ3) is 3.44. The molecule has 4 aromatic rings. The summed E-state index contributed by atoms with van der Waals surface area (Å²) in [6.45, 7) is 2.07. The average molecular weight is 380 g/mol. The number of anilines is 1. The molecule has 2 aromatic heterocycles. The van der Waals surface area contributed by atoms with Gasteiger partial charge in [0.25, 0.3) is 0 Å². The van der Waals surface area contributed by atoms with Crippen molar-refractivity contribution in [1.29, 1.82) is 0 Å². The smallest absolute Gasteiger partial charge is 0.247 e. The van der Waals surface area contributed by atoms with E-state index in [0.717, 1.165) is 27.7 Å². The fourth-order valence-corrected chi connectivity index (χ4v) is 3.34. The summed E-state index contributed by atoms with van der Waals surface area (Å²) < 4.78 is 3.38. The molecule has 0 atom stereocenters. The molecular weight excluding hydrogens is 362 g/mol. The number of carbonyl (C=O) groups excluding carboxylic acids is 1. The second-order valence-corrected chi connectivity index (χ2v) is 6.84. The zero-order valence-electron chi connectivity index (χ0n) is 15.0. The molecule has 0 spiro atoms. The van der Waals surface area contributed by atoms with Gasteiger partial charge in [-0.25, -0.2) is 0 Å². The predicted octanol–water partition coefficient (Wildman–Crippen LogP) is 4.04. The fourth-order valence-electron chi connectivity index (χ4n) is 3.15. The summed E-state index contributed by atoms with van der Waals surface area (Å²) in [6.07, 6.45) is 1.85. The highest BCUT2D eigenvalue weighted by Crippen LogP contribution is 2.25. The minimum Gasteiger partial charge on any atom is -0.307 e. The number of nitrogens with zero attached hydrogens (tertiary/aromatic N) is 4. The van der Waals surface area contributed by atoms with E-state index in [1.807, 2.05) is 68.7 Å². The van der Waals surface area contributed by atoms with Crippen LogP contribution >= 0.6 is 11.6 Å². The molecular formula is C20H18ClN5O. The Labute approximate surface area is 161 Å². The number of hydrogen-bond acceptors (Lipinski definition) is 3. The van der Waals surface area contributed by atoms with Gasteiger partial charge in [0, 0.05) is 29.2 Å². The highest BCUT2D eigenvalue weighted by atomic mass is 35.5. The molecule has 2 heterocycles. The Hall–Kier alpha value is -3.12. The van der Waals surface area contributed by atoms with Crippen LogP contribution in [0.1, 0.15) is 5.56 Å². The van der Waals surface area contributed by atoms with Gasteiger partial charge in [0.15, 0.2) is 5.82 Å². The number of para-hydroxylation sites is 1. The van der Waals surface area contributed by atoms with Gasteiger partial charge in [-0.2, -0.15) is 10.2 Å². The van der Waals surface area contributed by atoms with Crippen LogP contribution < -0.4 is 5.32 Å². The van der Waals surface area contributed by atoms with E-state index in [-0.39, 0.29) is 12.5 Å². The first-order valence-corrected chi connectivity index (χ1v) is 8.90. The molecule has 4 rings (SSSR count). The van der Waals surface area contributed by atoms with Crippen LogP contribution in [0.4, 0.5) is 5.82 Å². The normalized spacial score (nSPS) is 11.1. The lowest BCUT2D eigenvalue weighted by Gasteiger charge is -2.03. The van der Waals surface area contributed by atoms with Crippen LogP contribution in [0.3, 0.4) is 0 Å². The minimum absolute atomic E-state index is 0.103. The number of rotatable bonds is 4. The van der Waals surface area contributed by atoms with Crippen LogP contribution in [-0.4, -0.2) is 25.5 Å². The molecule has 0 bridgehead atoms. The van der Waals surface area contributed by atoms with Crippen molar-refractivity contribution in [3.8, 4) is 11.3 Å². The topological polar surface area (TPSA) is 64.7 Å². The standard InChI is InChI=1S/C20H18ClN5O/c1-13-11-26(23-19(13)14-6-5-7-15(21)10-14)12-18(27)22-20-16-8-3-4-9-17(16)25(2)24-20/h3-11H,12H2,1-2H3,(H,22,24,27). The summed E-state index contributed by atoms with van der Waals surface area (Å²) >= 11 is 6.07. The van der Waals surface area contributed by atoms with Crippen molar-refractivity contribution < 1.29 is 4.79 Å². The molecule has 27 heavy (non-hydrogen) atoms. The molecule has 0 aliphatic carbocycles. The molecule has 0 saturated carbocycles. The van der Waals surface area contributed by atoms with Gasteiger partial charge in [-0.05, 0) is 36.8 Å². The Morgan fingerprint density at radius 3 is 2.78 bits per heavy atom. The lowest BCUT2D eigenvalue weighted by molar-refractivity contribution is -0.116. The Bertz CT molecular complexity index is 1140. The maximum atomic E-state index is 12.5. The lowest BCUT2D eigenvalue weighted by Crippen LogP contribution is -2.19. The zero-order chi connectivity index (χ0) is 19.0. The van der Waals surface area contributed by atoms with E-state index in [2.05, 4.69) is 15.5 Å². The second kappa shape index (κ2) is 6.89. The fraction of sp³-hybridized carbons (Fsp3) is 0.150. The third-order valence-electron chi connectivity index (χ3n) is 4.36. The van der Waals surface area contributed by atoms with Crippen molar-refractivity contribution in [2.45, 2.75) is 13.5 Å². The molecule has 0 saturated heterocycles. The van der Waals surface area contributed by atoms with Crippen molar-refractivity contribution in [1.82, 2.24) is 19.6 Å². The van der Waals surface area contributed by atoms with E-state index < -0.39 is 0 Å². The molecule has 0 aliphatic heterocycles. The summed E-state index contributed by atoms with van der Waals surface area (Å²) in [4.78, 5) is 12.5. The number of benzene rings is 2. The van der Waals surface area contributed by atoms with Gasteiger partial charge in [0.1, 0.15) is 6.54 Å². The summed E-state index contributed by atoms with van der Waals surface area (Å²) in [5.41, 5.74) is 3.68. The van der Waals surface area contributed by atoms with Crippen molar-refractivity contribution in [3.63, 3.8) is 0 Å². The van der Waals surface area contributed by atoms with Crippen molar-refractivity contribution in [2.24, 2.45) is 7.05 Å². The predicted molar refractivity (Wildman–Crippen MR) is 107 cm³/mol. The van der Waals surface area contributed by atoms with E-state index in [1.54, 1.807) is 9.36 Å². The van der Waals surface area contributed by atoms with Gasteiger partial charge in [-0.15, -0.1) is 0 Å². The SMILES string of the molecule is Cc1cn(CC(=O)Nc2nn(C)c3ccccc23)nc1-c1cccc(Cl)c1. The summed E-state index contributed by atoms with van der Waals surface area (Å²) in [6, 6.07) is 15.3. The molecule has 0 radical (unpaired) electrons. The van der Waals surface area contributed by atoms with Crippen molar-refractivity contribution >= 4 is 34.2 Å². The van der Waals surface area contributed by atoms with E-state index in [0.29, 0.717) is 10.8 Å². The van der Waals surface area contributed by atoms with Crippen LogP contribution in [0.25, 0.3) is 22.2 Å². The van der Waals surface area contributed by atoms with Crippen molar-refractivity contribution in [2.75, 3.05) is 5.32 Å². The van der Waals surface area contributed by atoms with Gasteiger partial charge in [0.05, 0.1) is 11.2 Å². The molecule has 0 unspecified atom stereocenters. The van der Waals surface area contributed by atoms with Crippen LogP contribution in [0.15, 0.2) is 54.7 Å². The molecule has 1 amide bonds. The monoisotopic (exact) mass is 379 g/mol. The average Bonchev–Trinajstić information content (AvgIpc) is 3.15. The number of amides is 1. The third-order valence-corrected chi connectivity index (χ3v) is 4.60. The first-order chi connectivity index (χ1) is 13.0. The minimum atomic E-state index is -0.181. The number of halogens is 1. The largest absolute Gasteiger partial charge is 0.307 e. The van der Waals surface area contributed by atoms with Gasteiger partial charge in [-0.1, -0.05) is 35.9 Å². The summed E-state index contributed by atoms with van der Waals surface area (Å²) in [5, 5.41) is 13.4. The lowest BCUT2D eigenvalue weighted by atomic mass is 10.1. The summed E-state index contributed by atoms with van der Waals surface area (Å²) in [5.74, 6) is 0.371. The van der Waals surface area contributed by atoms with Gasteiger partial charge in [-0.3, -0.25) is 14.2 Å². The molecule has 136 valence electrons. The van der Waals surface area contributed by atoms with E-state index >= 15 is 0 Å². The van der Waals surface area contributed by atoms with E-state index in [9.17, 15) is 4.79 Å². The Kier molecular flexibility index (Phi) is 4.41. The van der Waals surface area contributed by atoms with Crippen molar-refractivity contribution in [3.05, 3.63) is 65.3 Å².